The number of carbonyl (C=O) groups is 1. The molecule has 15 heavy (non-hydrogen) atoms. The van der Waals surface area contributed by atoms with E-state index >= 15 is 0 Å². The fourth-order valence-electron chi connectivity index (χ4n) is 2.11. The molecule has 0 aromatic heterocycles. The molecule has 2 N–H and O–H groups in total. The Kier molecular flexibility index (Phi) is 5.09. The van der Waals surface area contributed by atoms with Crippen molar-refractivity contribution in [2.45, 2.75) is 52.0 Å². The maximum Gasteiger partial charge on any atom is 0.222 e. The van der Waals surface area contributed by atoms with E-state index in [4.69, 9.17) is 5.73 Å². The molecule has 1 heterocycles. The molecule has 1 fully saturated rings. The van der Waals surface area contributed by atoms with Gasteiger partial charge in [-0.15, -0.1) is 0 Å². The first-order chi connectivity index (χ1) is 7.13. The van der Waals surface area contributed by atoms with Gasteiger partial charge in [-0.2, -0.15) is 0 Å². The van der Waals surface area contributed by atoms with Crippen molar-refractivity contribution in [1.29, 1.82) is 0 Å². The first-order valence-electron chi connectivity index (χ1n) is 6.16. The number of nitrogens with zero attached hydrogens (tertiary/aromatic N) is 1. The second-order valence-corrected chi connectivity index (χ2v) is 4.82. The van der Waals surface area contributed by atoms with E-state index < -0.39 is 0 Å². The van der Waals surface area contributed by atoms with Gasteiger partial charge in [-0.1, -0.05) is 20.3 Å². The normalized spacial score (nSPS) is 25.1. The molecular formula is C12H24N2O. The average molecular weight is 212 g/mol. The van der Waals surface area contributed by atoms with Crippen molar-refractivity contribution in [3.05, 3.63) is 0 Å². The van der Waals surface area contributed by atoms with Gasteiger partial charge >= 0.3 is 0 Å². The molecule has 0 radical (unpaired) electrons. The SMILES string of the molecule is CCCC(N)CN1CCC(C)CCC1=O. The number of nitrogens with two attached hydrogens (primary N) is 1. The van der Waals surface area contributed by atoms with Gasteiger partial charge in [-0.3, -0.25) is 4.79 Å². The number of hydrogen-bond donors (Lipinski definition) is 1. The van der Waals surface area contributed by atoms with Gasteiger partial charge in [0.25, 0.3) is 0 Å². The lowest BCUT2D eigenvalue weighted by Gasteiger charge is -2.24. The van der Waals surface area contributed by atoms with Gasteiger partial charge in [-0.05, 0) is 25.2 Å². The third-order valence-electron chi connectivity index (χ3n) is 3.21. The van der Waals surface area contributed by atoms with Crippen molar-refractivity contribution >= 4 is 5.91 Å². The molecule has 3 heteroatoms. The van der Waals surface area contributed by atoms with Crippen molar-refractivity contribution in [2.24, 2.45) is 11.7 Å². The predicted octanol–water partition coefficient (Wildman–Crippen LogP) is 1.76. The maximum atomic E-state index is 11.8. The molecule has 3 nitrogen and oxygen atoms in total. The summed E-state index contributed by atoms with van der Waals surface area (Å²) in [6.45, 7) is 6.01. The minimum atomic E-state index is 0.160. The van der Waals surface area contributed by atoms with Crippen molar-refractivity contribution in [1.82, 2.24) is 4.90 Å². The molecule has 1 saturated heterocycles. The van der Waals surface area contributed by atoms with Crippen LogP contribution in [0.4, 0.5) is 0 Å². The predicted molar refractivity (Wildman–Crippen MR) is 62.5 cm³/mol. The summed E-state index contributed by atoms with van der Waals surface area (Å²) in [5.74, 6) is 0.979. The molecule has 1 rings (SSSR count). The second-order valence-electron chi connectivity index (χ2n) is 4.82. The Bertz CT molecular complexity index is 206. The summed E-state index contributed by atoms with van der Waals surface area (Å²) in [5, 5.41) is 0. The molecule has 1 aliphatic rings. The highest BCUT2D eigenvalue weighted by Gasteiger charge is 2.21. The van der Waals surface area contributed by atoms with Crippen molar-refractivity contribution in [2.75, 3.05) is 13.1 Å². The van der Waals surface area contributed by atoms with Crippen LogP contribution in [0.1, 0.15) is 46.0 Å². The summed E-state index contributed by atoms with van der Waals surface area (Å²) in [6.07, 6.45) is 4.99. The summed E-state index contributed by atoms with van der Waals surface area (Å²) in [4.78, 5) is 13.7. The van der Waals surface area contributed by atoms with Crippen LogP contribution in [-0.4, -0.2) is 29.9 Å². The van der Waals surface area contributed by atoms with Gasteiger partial charge in [-0.25, -0.2) is 0 Å². The molecule has 0 bridgehead atoms. The monoisotopic (exact) mass is 212 g/mol. The first-order valence-corrected chi connectivity index (χ1v) is 6.16. The lowest BCUT2D eigenvalue weighted by atomic mass is 10.0. The molecule has 1 aliphatic heterocycles. The van der Waals surface area contributed by atoms with E-state index in [1.54, 1.807) is 0 Å². The number of likely N-dealkylation sites (tertiary alicyclic amines) is 1. The first kappa shape index (κ1) is 12.5. The van der Waals surface area contributed by atoms with Crippen LogP contribution in [-0.2, 0) is 4.79 Å². The highest BCUT2D eigenvalue weighted by atomic mass is 16.2. The van der Waals surface area contributed by atoms with Crippen LogP contribution in [0.2, 0.25) is 0 Å². The lowest BCUT2D eigenvalue weighted by Crippen LogP contribution is -2.40. The van der Waals surface area contributed by atoms with Gasteiger partial charge in [0.1, 0.15) is 0 Å². The summed E-state index contributed by atoms with van der Waals surface area (Å²) in [7, 11) is 0. The molecule has 0 aliphatic carbocycles. The number of amides is 1. The molecule has 0 aromatic rings. The number of hydrogen-bond acceptors (Lipinski definition) is 2. The fourth-order valence-corrected chi connectivity index (χ4v) is 2.11. The van der Waals surface area contributed by atoms with Crippen LogP contribution in [0.3, 0.4) is 0 Å². The summed E-state index contributed by atoms with van der Waals surface area (Å²) >= 11 is 0. The molecule has 1 amide bonds. The zero-order valence-corrected chi connectivity index (χ0v) is 10.0. The minimum absolute atomic E-state index is 0.160. The van der Waals surface area contributed by atoms with E-state index in [2.05, 4.69) is 13.8 Å². The van der Waals surface area contributed by atoms with Crippen LogP contribution in [0.25, 0.3) is 0 Å². The fraction of sp³-hybridized carbons (Fsp3) is 0.917. The van der Waals surface area contributed by atoms with Crippen molar-refractivity contribution in [3.63, 3.8) is 0 Å². The molecule has 0 saturated carbocycles. The van der Waals surface area contributed by atoms with E-state index in [9.17, 15) is 4.79 Å². The van der Waals surface area contributed by atoms with Crippen LogP contribution < -0.4 is 5.73 Å². The van der Waals surface area contributed by atoms with Crippen molar-refractivity contribution in [3.8, 4) is 0 Å². The smallest absolute Gasteiger partial charge is 0.222 e. The maximum absolute atomic E-state index is 11.8. The largest absolute Gasteiger partial charge is 0.341 e. The minimum Gasteiger partial charge on any atom is -0.341 e. The van der Waals surface area contributed by atoms with E-state index in [0.717, 1.165) is 38.8 Å². The summed E-state index contributed by atoms with van der Waals surface area (Å²) in [6, 6.07) is 0.160. The quantitative estimate of drug-likeness (QED) is 0.772. The standard InChI is InChI=1S/C12H24N2O/c1-3-4-11(13)9-14-8-7-10(2)5-6-12(14)15/h10-11H,3-9,13H2,1-2H3. The molecule has 88 valence electrons. The Balaban J connectivity index is 2.41. The van der Waals surface area contributed by atoms with E-state index in [-0.39, 0.29) is 6.04 Å². The van der Waals surface area contributed by atoms with Crippen molar-refractivity contribution < 1.29 is 4.79 Å². The van der Waals surface area contributed by atoms with Gasteiger partial charge in [0, 0.05) is 25.6 Å². The summed E-state index contributed by atoms with van der Waals surface area (Å²) < 4.78 is 0. The van der Waals surface area contributed by atoms with Crippen LogP contribution in [0, 0.1) is 5.92 Å². The number of carbonyl (C=O) groups excluding carboxylic acids is 1. The highest BCUT2D eigenvalue weighted by Crippen LogP contribution is 2.17. The Labute approximate surface area is 93.0 Å². The average Bonchev–Trinajstić information content (AvgIpc) is 2.33. The topological polar surface area (TPSA) is 46.3 Å². The Morgan fingerprint density at radius 3 is 2.93 bits per heavy atom. The highest BCUT2D eigenvalue weighted by molar-refractivity contribution is 5.76. The Hall–Kier alpha value is -0.570. The van der Waals surface area contributed by atoms with E-state index in [1.165, 1.54) is 0 Å². The lowest BCUT2D eigenvalue weighted by molar-refractivity contribution is -0.130. The zero-order valence-electron chi connectivity index (χ0n) is 10.0. The van der Waals surface area contributed by atoms with Crippen LogP contribution >= 0.6 is 0 Å². The number of rotatable bonds is 4. The summed E-state index contributed by atoms with van der Waals surface area (Å²) in [5.41, 5.74) is 5.97. The van der Waals surface area contributed by atoms with Gasteiger partial charge in [0.05, 0.1) is 0 Å². The molecule has 2 unspecified atom stereocenters. The molecular weight excluding hydrogens is 188 g/mol. The van der Waals surface area contributed by atoms with E-state index in [0.29, 0.717) is 18.2 Å². The van der Waals surface area contributed by atoms with Crippen LogP contribution in [0.15, 0.2) is 0 Å². The molecule has 0 spiro atoms. The van der Waals surface area contributed by atoms with Gasteiger partial charge in [0.2, 0.25) is 5.91 Å². The van der Waals surface area contributed by atoms with Gasteiger partial charge in [0.15, 0.2) is 0 Å². The van der Waals surface area contributed by atoms with Gasteiger partial charge < -0.3 is 10.6 Å². The van der Waals surface area contributed by atoms with Crippen LogP contribution in [0.5, 0.6) is 0 Å². The second kappa shape index (κ2) is 6.11. The third kappa shape index (κ3) is 4.20. The molecule has 2 atom stereocenters. The Morgan fingerprint density at radius 1 is 1.53 bits per heavy atom. The Morgan fingerprint density at radius 2 is 2.27 bits per heavy atom. The van der Waals surface area contributed by atoms with E-state index in [1.807, 2.05) is 4.90 Å². The third-order valence-corrected chi connectivity index (χ3v) is 3.21. The molecule has 0 aromatic carbocycles. The zero-order chi connectivity index (χ0) is 11.3.